The van der Waals surface area contributed by atoms with Crippen LogP contribution in [0.15, 0.2) is 12.5 Å². The van der Waals surface area contributed by atoms with Gasteiger partial charge in [0.1, 0.15) is 12.1 Å². The molecule has 1 fully saturated rings. The van der Waals surface area contributed by atoms with Crippen molar-refractivity contribution >= 4 is 5.82 Å². The topological polar surface area (TPSA) is 52.5 Å². The predicted molar refractivity (Wildman–Crippen MR) is 71.4 cm³/mol. The molecule has 1 N–H and O–H groups in total. The lowest BCUT2D eigenvalue weighted by Gasteiger charge is -2.32. The number of aromatic nitrogens is 2. The molecule has 100 valence electrons. The molecule has 0 aliphatic carbocycles. The van der Waals surface area contributed by atoms with Crippen molar-refractivity contribution in [1.82, 2.24) is 14.9 Å². The Kier molecular flexibility index (Phi) is 4.49. The maximum absolute atomic E-state index is 9.29. The van der Waals surface area contributed by atoms with E-state index in [-0.39, 0.29) is 6.61 Å². The first kappa shape index (κ1) is 13.2. The summed E-state index contributed by atoms with van der Waals surface area (Å²) in [4.78, 5) is 12.7. The number of hydrogen-bond acceptors (Lipinski definition) is 5. The van der Waals surface area contributed by atoms with Gasteiger partial charge in [0.05, 0.1) is 6.61 Å². The molecule has 1 aliphatic heterocycles. The van der Waals surface area contributed by atoms with Crippen LogP contribution in [0, 0.1) is 5.92 Å². The predicted octanol–water partition coefficient (Wildman–Crippen LogP) is 0.747. The maximum atomic E-state index is 9.29. The maximum Gasteiger partial charge on any atom is 0.137 e. The summed E-state index contributed by atoms with van der Waals surface area (Å²) in [6.07, 6.45) is 5.70. The fourth-order valence-electron chi connectivity index (χ4n) is 2.53. The van der Waals surface area contributed by atoms with Crippen LogP contribution < -0.4 is 4.90 Å². The van der Waals surface area contributed by atoms with Crippen molar-refractivity contribution in [2.45, 2.75) is 19.4 Å². The number of aliphatic hydroxyl groups excluding tert-OH is 1. The highest BCUT2D eigenvalue weighted by molar-refractivity contribution is 5.44. The van der Waals surface area contributed by atoms with Crippen molar-refractivity contribution < 1.29 is 5.11 Å². The lowest BCUT2D eigenvalue weighted by molar-refractivity contribution is 0.222. The Morgan fingerprint density at radius 2 is 2.17 bits per heavy atom. The van der Waals surface area contributed by atoms with Gasteiger partial charge in [0.2, 0.25) is 0 Å². The van der Waals surface area contributed by atoms with E-state index < -0.39 is 0 Å². The molecule has 0 saturated carbocycles. The second-order valence-corrected chi connectivity index (χ2v) is 5.16. The molecule has 0 atom stereocenters. The van der Waals surface area contributed by atoms with Gasteiger partial charge in [-0.15, -0.1) is 0 Å². The van der Waals surface area contributed by atoms with E-state index in [9.17, 15) is 5.11 Å². The average Bonchev–Trinajstić information content (AvgIpc) is 2.41. The molecule has 0 radical (unpaired) electrons. The minimum absolute atomic E-state index is 0.00603. The lowest BCUT2D eigenvalue weighted by atomic mass is 9.96. The normalized spacial score (nSPS) is 17.9. The number of piperidine rings is 1. The molecule has 1 saturated heterocycles. The summed E-state index contributed by atoms with van der Waals surface area (Å²) < 4.78 is 0. The number of anilines is 1. The fourth-order valence-corrected chi connectivity index (χ4v) is 2.53. The summed E-state index contributed by atoms with van der Waals surface area (Å²) in [5.41, 5.74) is 0.799. The van der Waals surface area contributed by atoms with E-state index in [0.717, 1.165) is 17.9 Å². The van der Waals surface area contributed by atoms with Crippen LogP contribution in [0.4, 0.5) is 5.82 Å². The van der Waals surface area contributed by atoms with E-state index in [1.54, 1.807) is 12.5 Å². The van der Waals surface area contributed by atoms with Crippen LogP contribution in [0.25, 0.3) is 0 Å². The molecule has 0 aromatic carbocycles. The quantitative estimate of drug-likeness (QED) is 0.854. The Morgan fingerprint density at radius 1 is 1.44 bits per heavy atom. The molecule has 1 aliphatic rings. The number of aliphatic hydroxyl groups is 1. The van der Waals surface area contributed by atoms with Gasteiger partial charge in [-0.1, -0.05) is 0 Å². The van der Waals surface area contributed by atoms with Gasteiger partial charge in [0.15, 0.2) is 0 Å². The van der Waals surface area contributed by atoms with E-state index in [2.05, 4.69) is 26.8 Å². The SMILES string of the molecule is CN1CCC(CN(C)c2ncncc2CO)CC1. The van der Waals surface area contributed by atoms with E-state index in [4.69, 9.17) is 0 Å². The number of hydrogen-bond donors (Lipinski definition) is 1. The lowest BCUT2D eigenvalue weighted by Crippen LogP contribution is -2.36. The summed E-state index contributed by atoms with van der Waals surface area (Å²) >= 11 is 0. The van der Waals surface area contributed by atoms with Gasteiger partial charge in [-0.2, -0.15) is 0 Å². The highest BCUT2D eigenvalue weighted by atomic mass is 16.3. The zero-order chi connectivity index (χ0) is 13.0. The monoisotopic (exact) mass is 250 g/mol. The fraction of sp³-hybridized carbons (Fsp3) is 0.692. The molecule has 0 amide bonds. The highest BCUT2D eigenvalue weighted by Gasteiger charge is 2.19. The second kappa shape index (κ2) is 6.11. The highest BCUT2D eigenvalue weighted by Crippen LogP contribution is 2.21. The third kappa shape index (κ3) is 3.17. The molecular formula is C13H22N4O. The molecular weight excluding hydrogens is 228 g/mol. The largest absolute Gasteiger partial charge is 0.391 e. The van der Waals surface area contributed by atoms with Gasteiger partial charge in [0.25, 0.3) is 0 Å². The van der Waals surface area contributed by atoms with Gasteiger partial charge in [-0.25, -0.2) is 9.97 Å². The van der Waals surface area contributed by atoms with Crippen LogP contribution in [-0.4, -0.2) is 53.7 Å². The standard InChI is InChI=1S/C13H22N4O/c1-16-5-3-11(4-6-16)8-17(2)13-12(9-18)7-14-10-15-13/h7,10-11,18H,3-6,8-9H2,1-2H3. The molecule has 18 heavy (non-hydrogen) atoms. The first-order valence-electron chi connectivity index (χ1n) is 6.50. The summed E-state index contributed by atoms with van der Waals surface area (Å²) in [5, 5.41) is 9.29. The van der Waals surface area contributed by atoms with E-state index in [1.807, 2.05) is 7.05 Å². The van der Waals surface area contributed by atoms with Crippen LogP contribution in [0.1, 0.15) is 18.4 Å². The molecule has 5 heteroatoms. The smallest absolute Gasteiger partial charge is 0.137 e. The molecule has 1 aromatic heterocycles. The molecule has 1 aromatic rings. The van der Waals surface area contributed by atoms with Crippen molar-refractivity contribution in [1.29, 1.82) is 0 Å². The third-order valence-corrected chi connectivity index (χ3v) is 3.67. The average molecular weight is 250 g/mol. The van der Waals surface area contributed by atoms with E-state index in [0.29, 0.717) is 5.92 Å². The Balaban J connectivity index is 1.96. The van der Waals surface area contributed by atoms with E-state index in [1.165, 1.54) is 25.9 Å². The molecule has 0 spiro atoms. The number of rotatable bonds is 4. The third-order valence-electron chi connectivity index (χ3n) is 3.67. The van der Waals surface area contributed by atoms with Crippen molar-refractivity contribution in [3.63, 3.8) is 0 Å². The minimum atomic E-state index is -0.00603. The Bertz CT molecular complexity index is 377. The number of nitrogens with zero attached hydrogens (tertiary/aromatic N) is 4. The zero-order valence-corrected chi connectivity index (χ0v) is 11.2. The van der Waals surface area contributed by atoms with Crippen LogP contribution in [0.5, 0.6) is 0 Å². The zero-order valence-electron chi connectivity index (χ0n) is 11.2. The molecule has 2 rings (SSSR count). The Hall–Kier alpha value is -1.20. The van der Waals surface area contributed by atoms with Gasteiger partial charge >= 0.3 is 0 Å². The molecule has 5 nitrogen and oxygen atoms in total. The molecule has 0 unspecified atom stereocenters. The van der Waals surface area contributed by atoms with Crippen LogP contribution in [0.2, 0.25) is 0 Å². The van der Waals surface area contributed by atoms with Crippen molar-refractivity contribution in [2.75, 3.05) is 38.6 Å². The first-order chi connectivity index (χ1) is 8.70. The van der Waals surface area contributed by atoms with Gasteiger partial charge in [0, 0.05) is 25.4 Å². The summed E-state index contributed by atoms with van der Waals surface area (Å²) in [6.45, 7) is 3.34. The molecule has 2 heterocycles. The second-order valence-electron chi connectivity index (χ2n) is 5.16. The summed E-state index contributed by atoms with van der Waals surface area (Å²) in [6, 6.07) is 0. The van der Waals surface area contributed by atoms with Crippen LogP contribution >= 0.6 is 0 Å². The summed E-state index contributed by atoms with van der Waals surface area (Å²) in [5.74, 6) is 1.57. The first-order valence-corrected chi connectivity index (χ1v) is 6.50. The van der Waals surface area contributed by atoms with Crippen LogP contribution in [-0.2, 0) is 6.61 Å². The van der Waals surface area contributed by atoms with Crippen molar-refractivity contribution in [3.8, 4) is 0 Å². The number of likely N-dealkylation sites (tertiary alicyclic amines) is 1. The van der Waals surface area contributed by atoms with Gasteiger partial charge in [-0.3, -0.25) is 0 Å². The van der Waals surface area contributed by atoms with Gasteiger partial charge in [-0.05, 0) is 38.9 Å². The van der Waals surface area contributed by atoms with Crippen molar-refractivity contribution in [2.24, 2.45) is 5.92 Å². The Labute approximate surface area is 108 Å². The van der Waals surface area contributed by atoms with Crippen LogP contribution in [0.3, 0.4) is 0 Å². The van der Waals surface area contributed by atoms with E-state index >= 15 is 0 Å². The molecule has 0 bridgehead atoms. The van der Waals surface area contributed by atoms with Gasteiger partial charge < -0.3 is 14.9 Å². The Morgan fingerprint density at radius 3 is 2.83 bits per heavy atom. The minimum Gasteiger partial charge on any atom is -0.391 e. The van der Waals surface area contributed by atoms with Crippen molar-refractivity contribution in [3.05, 3.63) is 18.1 Å². The summed E-state index contributed by atoms with van der Waals surface area (Å²) in [7, 11) is 4.22.